The molecule has 1 aliphatic heterocycles. The molecule has 0 amide bonds. The Balaban J connectivity index is 1.77. The SMILES string of the molecule is O=C(CCCN(CC1N=NN=N1)[SH](=O)=O)Oc1ccc([N+](=O)[O-])cc1. The number of carbonyl (C=O) groups excluding carboxylic acids is 1. The molecule has 1 heterocycles. The van der Waals surface area contributed by atoms with Crippen molar-refractivity contribution in [3.8, 4) is 5.75 Å². The topological polar surface area (TPSA) is 156 Å². The molecular weight excluding hydrogens is 356 g/mol. The number of nitro benzene ring substituents is 1. The minimum Gasteiger partial charge on any atom is -0.427 e. The van der Waals surface area contributed by atoms with Crippen molar-refractivity contribution in [2.24, 2.45) is 20.7 Å². The normalized spacial score (nSPS) is 13.7. The van der Waals surface area contributed by atoms with E-state index in [2.05, 4.69) is 20.7 Å². The van der Waals surface area contributed by atoms with E-state index in [1.165, 1.54) is 24.3 Å². The van der Waals surface area contributed by atoms with E-state index >= 15 is 0 Å². The first-order valence-electron chi connectivity index (χ1n) is 7.10. The fourth-order valence-electron chi connectivity index (χ4n) is 1.91. The minimum absolute atomic E-state index is 0.00308. The van der Waals surface area contributed by atoms with Crippen LogP contribution < -0.4 is 4.74 Å². The third-order valence-electron chi connectivity index (χ3n) is 3.09. The van der Waals surface area contributed by atoms with Crippen molar-refractivity contribution in [2.45, 2.75) is 19.0 Å². The van der Waals surface area contributed by atoms with Gasteiger partial charge in [0.2, 0.25) is 10.9 Å². The Morgan fingerprint density at radius 2 is 1.88 bits per heavy atom. The molecule has 0 bridgehead atoms. The van der Waals surface area contributed by atoms with Gasteiger partial charge in [-0.3, -0.25) is 14.9 Å². The maximum Gasteiger partial charge on any atom is 0.311 e. The van der Waals surface area contributed by atoms with Crippen LogP contribution in [0.3, 0.4) is 0 Å². The van der Waals surface area contributed by atoms with Gasteiger partial charge in [0.15, 0.2) is 6.17 Å². The van der Waals surface area contributed by atoms with E-state index in [4.69, 9.17) is 4.74 Å². The number of thiol groups is 1. The van der Waals surface area contributed by atoms with Crippen LogP contribution in [-0.2, 0) is 15.7 Å². The number of esters is 1. The predicted molar refractivity (Wildman–Crippen MR) is 83.4 cm³/mol. The third-order valence-corrected chi connectivity index (χ3v) is 3.92. The Morgan fingerprint density at radius 1 is 1.24 bits per heavy atom. The van der Waals surface area contributed by atoms with E-state index in [0.717, 1.165) is 4.31 Å². The van der Waals surface area contributed by atoms with Gasteiger partial charge in [-0.05, 0) is 29.0 Å². The summed E-state index contributed by atoms with van der Waals surface area (Å²) in [4.78, 5) is 21.7. The quantitative estimate of drug-likeness (QED) is 0.227. The zero-order valence-corrected chi connectivity index (χ0v) is 13.7. The Labute approximate surface area is 143 Å². The Bertz CT molecular complexity index is 742. The monoisotopic (exact) mass is 370 g/mol. The number of non-ortho nitro benzene ring substituents is 1. The van der Waals surface area contributed by atoms with Crippen LogP contribution in [0.15, 0.2) is 44.9 Å². The van der Waals surface area contributed by atoms with E-state index in [-0.39, 0.29) is 37.4 Å². The molecule has 0 aromatic heterocycles. The average Bonchev–Trinajstić information content (AvgIpc) is 3.07. The standard InChI is InChI=1S/C12H14N6O6S/c19-12(24-10-5-3-9(4-6-10)18(20)21)2-1-7-17(25(22)23)8-11-13-15-16-14-11/h3-6,11,25H,1-2,7-8H2. The molecular formula is C12H14N6O6S. The molecule has 0 radical (unpaired) electrons. The minimum atomic E-state index is -2.85. The molecule has 13 heteroatoms. The van der Waals surface area contributed by atoms with E-state index in [1.54, 1.807) is 0 Å². The fourth-order valence-corrected chi connectivity index (χ4v) is 2.50. The number of hydrogen-bond donors (Lipinski definition) is 1. The van der Waals surface area contributed by atoms with Crippen LogP contribution in [0.25, 0.3) is 0 Å². The van der Waals surface area contributed by atoms with Gasteiger partial charge in [0.05, 0.1) is 11.5 Å². The molecule has 0 aliphatic carbocycles. The zero-order valence-electron chi connectivity index (χ0n) is 12.8. The second-order valence-corrected chi connectivity index (χ2v) is 5.91. The number of benzene rings is 1. The molecule has 0 atom stereocenters. The summed E-state index contributed by atoms with van der Waals surface area (Å²) in [6.07, 6.45) is -0.458. The smallest absolute Gasteiger partial charge is 0.311 e. The lowest BCUT2D eigenvalue weighted by molar-refractivity contribution is -0.384. The molecule has 134 valence electrons. The Hall–Kier alpha value is -2.80. The van der Waals surface area contributed by atoms with Crippen LogP contribution in [0.2, 0.25) is 0 Å². The first-order chi connectivity index (χ1) is 12.0. The lowest BCUT2D eigenvalue weighted by Crippen LogP contribution is -2.30. The van der Waals surface area contributed by atoms with Crippen LogP contribution in [-0.4, -0.2) is 42.9 Å². The van der Waals surface area contributed by atoms with Crippen molar-refractivity contribution in [3.63, 3.8) is 0 Å². The summed E-state index contributed by atoms with van der Waals surface area (Å²) in [7, 11) is -2.85. The van der Waals surface area contributed by atoms with Crippen molar-refractivity contribution < 1.29 is 22.9 Å². The molecule has 0 saturated carbocycles. The highest BCUT2D eigenvalue weighted by molar-refractivity contribution is 7.69. The molecule has 0 N–H and O–H groups in total. The molecule has 2 rings (SSSR count). The summed E-state index contributed by atoms with van der Waals surface area (Å²) in [5.74, 6) is -0.399. The highest BCUT2D eigenvalue weighted by atomic mass is 32.2. The number of nitro groups is 1. The van der Waals surface area contributed by atoms with Crippen molar-refractivity contribution in [2.75, 3.05) is 13.1 Å². The van der Waals surface area contributed by atoms with Crippen molar-refractivity contribution in [1.29, 1.82) is 0 Å². The molecule has 0 unspecified atom stereocenters. The first kappa shape index (κ1) is 18.5. The molecule has 25 heavy (non-hydrogen) atoms. The van der Waals surface area contributed by atoms with E-state index in [0.29, 0.717) is 0 Å². The summed E-state index contributed by atoms with van der Waals surface area (Å²) in [5, 5.41) is 24.4. The number of carbonyl (C=O) groups is 1. The van der Waals surface area contributed by atoms with E-state index in [9.17, 15) is 23.3 Å². The van der Waals surface area contributed by atoms with Crippen LogP contribution in [0.1, 0.15) is 12.8 Å². The summed E-state index contributed by atoms with van der Waals surface area (Å²) >= 11 is 0. The second-order valence-electron chi connectivity index (χ2n) is 4.87. The summed E-state index contributed by atoms with van der Waals surface area (Å²) in [6.45, 7) is 0.0959. The highest BCUT2D eigenvalue weighted by Gasteiger charge is 2.18. The lowest BCUT2D eigenvalue weighted by atomic mass is 10.3. The Kier molecular flexibility index (Phi) is 6.59. The molecule has 0 spiro atoms. The van der Waals surface area contributed by atoms with Gasteiger partial charge in [0.25, 0.3) is 5.69 Å². The number of rotatable bonds is 9. The van der Waals surface area contributed by atoms with Gasteiger partial charge in [-0.2, -0.15) is 4.31 Å². The van der Waals surface area contributed by atoms with Gasteiger partial charge < -0.3 is 4.74 Å². The van der Waals surface area contributed by atoms with Crippen LogP contribution >= 0.6 is 0 Å². The lowest BCUT2D eigenvalue weighted by Gasteiger charge is -2.14. The molecule has 0 fully saturated rings. The highest BCUT2D eigenvalue weighted by Crippen LogP contribution is 2.18. The number of nitrogens with zero attached hydrogens (tertiary/aromatic N) is 6. The molecule has 1 aliphatic rings. The van der Waals surface area contributed by atoms with E-state index < -0.39 is 27.9 Å². The maximum atomic E-state index is 11.7. The third kappa shape index (κ3) is 5.96. The van der Waals surface area contributed by atoms with Gasteiger partial charge in [-0.1, -0.05) is 0 Å². The summed E-state index contributed by atoms with van der Waals surface area (Å²) in [6, 6.07) is 5.06. The maximum absolute atomic E-state index is 11.7. The summed E-state index contributed by atoms with van der Waals surface area (Å²) in [5.41, 5.74) is -0.115. The second kappa shape index (κ2) is 8.89. The molecule has 12 nitrogen and oxygen atoms in total. The van der Waals surface area contributed by atoms with E-state index in [1.807, 2.05) is 0 Å². The van der Waals surface area contributed by atoms with Gasteiger partial charge >= 0.3 is 5.97 Å². The Morgan fingerprint density at radius 3 is 2.44 bits per heavy atom. The molecule has 1 aromatic carbocycles. The average molecular weight is 370 g/mol. The zero-order chi connectivity index (χ0) is 18.2. The number of hydrogen-bond acceptors (Lipinski definition) is 10. The van der Waals surface area contributed by atoms with Crippen LogP contribution in [0.4, 0.5) is 5.69 Å². The molecule has 1 aromatic rings. The van der Waals surface area contributed by atoms with Gasteiger partial charge in [-0.25, -0.2) is 8.42 Å². The van der Waals surface area contributed by atoms with Crippen LogP contribution in [0.5, 0.6) is 5.75 Å². The summed E-state index contributed by atoms with van der Waals surface area (Å²) < 4.78 is 28.5. The fraction of sp³-hybridized carbons (Fsp3) is 0.417. The first-order valence-corrected chi connectivity index (χ1v) is 8.23. The van der Waals surface area contributed by atoms with Gasteiger partial charge in [-0.15, -0.1) is 10.2 Å². The van der Waals surface area contributed by atoms with Crippen molar-refractivity contribution in [3.05, 3.63) is 34.4 Å². The van der Waals surface area contributed by atoms with Gasteiger partial charge in [0, 0.05) is 25.1 Å². The van der Waals surface area contributed by atoms with Crippen molar-refractivity contribution >= 4 is 22.5 Å². The number of ether oxygens (including phenoxy) is 1. The largest absolute Gasteiger partial charge is 0.427 e. The van der Waals surface area contributed by atoms with Crippen LogP contribution in [0, 0.1) is 10.1 Å². The predicted octanol–water partition coefficient (Wildman–Crippen LogP) is 1.27. The molecule has 0 saturated heterocycles. The van der Waals surface area contributed by atoms with Gasteiger partial charge in [0.1, 0.15) is 5.75 Å². The van der Waals surface area contributed by atoms with Crippen molar-refractivity contribution in [1.82, 2.24) is 4.31 Å².